The quantitative estimate of drug-likeness (QED) is 0.773. The first-order valence-electron chi connectivity index (χ1n) is 7.11. The Morgan fingerprint density at radius 3 is 2.41 bits per heavy atom. The van der Waals surface area contributed by atoms with E-state index in [0.717, 1.165) is 32.5 Å². The molecule has 0 aromatic carbocycles. The molecule has 2 atom stereocenters. The molecule has 2 unspecified atom stereocenters. The number of ether oxygens (including phenoxy) is 1. The van der Waals surface area contributed by atoms with Crippen molar-refractivity contribution >= 4 is 0 Å². The van der Waals surface area contributed by atoms with Crippen molar-refractivity contribution in [1.82, 2.24) is 10.2 Å². The molecule has 1 heterocycles. The van der Waals surface area contributed by atoms with Gasteiger partial charge in [-0.1, -0.05) is 0 Å². The summed E-state index contributed by atoms with van der Waals surface area (Å²) in [6.45, 7) is 14.4. The lowest BCUT2D eigenvalue weighted by Gasteiger charge is -2.32. The largest absolute Gasteiger partial charge is 0.378 e. The van der Waals surface area contributed by atoms with Crippen molar-refractivity contribution in [3.05, 3.63) is 0 Å². The highest BCUT2D eigenvalue weighted by Gasteiger charge is 2.19. The first-order chi connectivity index (χ1) is 8.00. The van der Waals surface area contributed by atoms with Crippen LogP contribution in [0.15, 0.2) is 0 Å². The van der Waals surface area contributed by atoms with E-state index >= 15 is 0 Å². The Hall–Kier alpha value is -0.120. The highest BCUT2D eigenvalue weighted by Crippen LogP contribution is 2.13. The predicted molar refractivity (Wildman–Crippen MR) is 73.4 cm³/mol. The van der Waals surface area contributed by atoms with E-state index in [2.05, 4.69) is 44.8 Å². The van der Waals surface area contributed by atoms with Crippen LogP contribution in [0.3, 0.4) is 0 Å². The summed E-state index contributed by atoms with van der Waals surface area (Å²) in [6.07, 6.45) is 2.74. The van der Waals surface area contributed by atoms with E-state index < -0.39 is 0 Å². The Bertz CT molecular complexity index is 198. The van der Waals surface area contributed by atoms with E-state index in [1.807, 2.05) is 0 Å². The minimum absolute atomic E-state index is 0.424. The van der Waals surface area contributed by atoms with E-state index in [-0.39, 0.29) is 0 Å². The van der Waals surface area contributed by atoms with Crippen molar-refractivity contribution in [2.24, 2.45) is 0 Å². The molecule has 1 saturated heterocycles. The average Bonchev–Trinajstić information content (AvgIpc) is 2.23. The van der Waals surface area contributed by atoms with Crippen LogP contribution in [-0.4, -0.2) is 48.8 Å². The number of rotatable bonds is 6. The Kier molecular flexibility index (Phi) is 6.45. The zero-order valence-electron chi connectivity index (χ0n) is 12.2. The predicted octanol–water partition coefficient (Wildman–Crippen LogP) is 2.26. The highest BCUT2D eigenvalue weighted by atomic mass is 16.5. The molecule has 1 aliphatic heterocycles. The molecule has 1 rings (SSSR count). The Morgan fingerprint density at radius 2 is 1.88 bits per heavy atom. The third-order valence-corrected chi connectivity index (χ3v) is 3.61. The lowest BCUT2D eigenvalue weighted by Crippen LogP contribution is -2.45. The van der Waals surface area contributed by atoms with Gasteiger partial charge in [-0.05, 0) is 47.5 Å². The van der Waals surface area contributed by atoms with Gasteiger partial charge in [-0.25, -0.2) is 0 Å². The van der Waals surface area contributed by atoms with Crippen molar-refractivity contribution in [1.29, 1.82) is 0 Å². The van der Waals surface area contributed by atoms with Crippen LogP contribution in [0.5, 0.6) is 0 Å². The zero-order chi connectivity index (χ0) is 12.8. The summed E-state index contributed by atoms with van der Waals surface area (Å²) in [5, 5.41) is 3.67. The fourth-order valence-electron chi connectivity index (χ4n) is 2.69. The molecule has 0 bridgehead atoms. The topological polar surface area (TPSA) is 24.5 Å². The van der Waals surface area contributed by atoms with Gasteiger partial charge in [0.2, 0.25) is 0 Å². The van der Waals surface area contributed by atoms with Gasteiger partial charge in [0.15, 0.2) is 0 Å². The average molecular weight is 242 g/mol. The van der Waals surface area contributed by atoms with E-state index in [9.17, 15) is 0 Å². The number of hydrogen-bond acceptors (Lipinski definition) is 3. The summed E-state index contributed by atoms with van der Waals surface area (Å²) in [5.41, 5.74) is 0. The van der Waals surface area contributed by atoms with Crippen LogP contribution in [-0.2, 0) is 4.74 Å². The van der Waals surface area contributed by atoms with Crippen LogP contribution >= 0.6 is 0 Å². The van der Waals surface area contributed by atoms with Crippen molar-refractivity contribution < 1.29 is 4.74 Å². The Balaban J connectivity index is 2.21. The van der Waals surface area contributed by atoms with Crippen molar-refractivity contribution in [3.8, 4) is 0 Å². The molecular formula is C14H30N2O. The molecule has 0 aromatic heterocycles. The van der Waals surface area contributed by atoms with Crippen LogP contribution in [0.1, 0.15) is 47.5 Å². The molecule has 0 spiro atoms. The van der Waals surface area contributed by atoms with E-state index in [1.54, 1.807) is 0 Å². The second-order valence-electron chi connectivity index (χ2n) is 5.78. The molecule has 0 radical (unpaired) electrons. The molecule has 1 aliphatic rings. The van der Waals surface area contributed by atoms with Crippen LogP contribution in [0.4, 0.5) is 0 Å². The van der Waals surface area contributed by atoms with E-state index in [0.29, 0.717) is 24.2 Å². The normalized spacial score (nSPS) is 26.1. The number of nitrogens with one attached hydrogen (secondary N) is 1. The van der Waals surface area contributed by atoms with Gasteiger partial charge >= 0.3 is 0 Å². The molecule has 1 fully saturated rings. The summed E-state index contributed by atoms with van der Waals surface area (Å²) < 4.78 is 5.56. The van der Waals surface area contributed by atoms with Gasteiger partial charge in [-0.3, -0.25) is 4.90 Å². The van der Waals surface area contributed by atoms with Crippen molar-refractivity contribution in [2.75, 3.05) is 19.7 Å². The minimum Gasteiger partial charge on any atom is -0.378 e. The SMILES string of the molecule is CC1CC(NCCN(C(C)C)C(C)C)CCO1. The van der Waals surface area contributed by atoms with E-state index in [4.69, 9.17) is 4.74 Å². The summed E-state index contributed by atoms with van der Waals surface area (Å²) >= 11 is 0. The van der Waals surface area contributed by atoms with Gasteiger partial charge in [0, 0.05) is 37.8 Å². The maximum Gasteiger partial charge on any atom is 0.0561 e. The van der Waals surface area contributed by atoms with Crippen molar-refractivity contribution in [2.45, 2.75) is 71.7 Å². The fourth-order valence-corrected chi connectivity index (χ4v) is 2.69. The number of nitrogens with zero attached hydrogens (tertiary/aromatic N) is 1. The third kappa shape index (κ3) is 5.36. The lowest BCUT2D eigenvalue weighted by atomic mass is 10.0. The minimum atomic E-state index is 0.424. The maximum absolute atomic E-state index is 5.56. The standard InChI is InChI=1S/C14H30N2O/c1-11(2)16(12(3)4)8-7-15-14-6-9-17-13(5)10-14/h11-15H,6-10H2,1-5H3. The molecule has 17 heavy (non-hydrogen) atoms. The smallest absolute Gasteiger partial charge is 0.0561 e. The third-order valence-electron chi connectivity index (χ3n) is 3.61. The highest BCUT2D eigenvalue weighted by molar-refractivity contribution is 4.76. The summed E-state index contributed by atoms with van der Waals surface area (Å²) in [6, 6.07) is 1.91. The zero-order valence-corrected chi connectivity index (χ0v) is 12.2. The molecule has 0 saturated carbocycles. The van der Waals surface area contributed by atoms with Gasteiger partial charge in [-0.2, -0.15) is 0 Å². The summed E-state index contributed by atoms with van der Waals surface area (Å²) in [5.74, 6) is 0. The van der Waals surface area contributed by atoms with Gasteiger partial charge in [0.05, 0.1) is 6.10 Å². The molecule has 3 heteroatoms. The maximum atomic E-state index is 5.56. The molecule has 3 nitrogen and oxygen atoms in total. The van der Waals surface area contributed by atoms with Crippen molar-refractivity contribution in [3.63, 3.8) is 0 Å². The first kappa shape index (κ1) is 14.9. The van der Waals surface area contributed by atoms with Crippen LogP contribution in [0.2, 0.25) is 0 Å². The van der Waals surface area contributed by atoms with Crippen LogP contribution < -0.4 is 5.32 Å². The second kappa shape index (κ2) is 7.34. The Morgan fingerprint density at radius 1 is 1.24 bits per heavy atom. The molecule has 0 aliphatic carbocycles. The molecule has 0 amide bonds. The molecular weight excluding hydrogens is 212 g/mol. The van der Waals surface area contributed by atoms with Gasteiger partial charge in [-0.15, -0.1) is 0 Å². The Labute approximate surface area is 107 Å². The first-order valence-corrected chi connectivity index (χ1v) is 7.11. The lowest BCUT2D eigenvalue weighted by molar-refractivity contribution is 0.0126. The van der Waals surface area contributed by atoms with E-state index in [1.165, 1.54) is 0 Å². The monoisotopic (exact) mass is 242 g/mol. The second-order valence-corrected chi connectivity index (χ2v) is 5.78. The number of hydrogen-bond donors (Lipinski definition) is 1. The molecule has 1 N–H and O–H groups in total. The summed E-state index contributed by atoms with van der Waals surface area (Å²) in [7, 11) is 0. The van der Waals surface area contributed by atoms with Crippen LogP contribution in [0, 0.1) is 0 Å². The summed E-state index contributed by atoms with van der Waals surface area (Å²) in [4.78, 5) is 2.54. The van der Waals surface area contributed by atoms with Gasteiger partial charge in [0.1, 0.15) is 0 Å². The van der Waals surface area contributed by atoms with Crippen LogP contribution in [0.25, 0.3) is 0 Å². The van der Waals surface area contributed by atoms with Gasteiger partial charge < -0.3 is 10.1 Å². The van der Waals surface area contributed by atoms with Gasteiger partial charge in [0.25, 0.3) is 0 Å². The fraction of sp³-hybridized carbons (Fsp3) is 1.00. The molecule has 0 aromatic rings. The molecule has 102 valence electrons.